The maximum absolute atomic E-state index is 12.4. The fourth-order valence-electron chi connectivity index (χ4n) is 3.48. The second kappa shape index (κ2) is 4.81. The van der Waals surface area contributed by atoms with E-state index in [2.05, 4.69) is 5.32 Å². The molecule has 5 heteroatoms. The quantitative estimate of drug-likeness (QED) is 0.870. The van der Waals surface area contributed by atoms with Crippen LogP contribution in [0, 0.1) is 12.8 Å². The van der Waals surface area contributed by atoms with Gasteiger partial charge in [-0.2, -0.15) is 0 Å². The molecule has 1 aromatic carbocycles. The minimum absolute atomic E-state index is 0.0749. The van der Waals surface area contributed by atoms with E-state index in [4.69, 9.17) is 0 Å². The molecule has 3 atom stereocenters. The van der Waals surface area contributed by atoms with Crippen molar-refractivity contribution in [2.45, 2.75) is 38.3 Å². The SMILES string of the molecule is Cc1cccc(NC(=O)N2C3CCC2C(C(=O)O)C3)c1. The van der Waals surface area contributed by atoms with Crippen molar-refractivity contribution in [1.29, 1.82) is 0 Å². The molecule has 2 fully saturated rings. The minimum atomic E-state index is -0.787. The molecule has 3 rings (SSSR count). The summed E-state index contributed by atoms with van der Waals surface area (Å²) < 4.78 is 0. The Kier molecular flexibility index (Phi) is 3.12. The third-order valence-electron chi connectivity index (χ3n) is 4.36. The summed E-state index contributed by atoms with van der Waals surface area (Å²) in [5.74, 6) is -1.19. The van der Waals surface area contributed by atoms with Crippen molar-refractivity contribution in [3.63, 3.8) is 0 Å². The van der Waals surface area contributed by atoms with Crippen LogP contribution in [-0.2, 0) is 4.79 Å². The molecule has 2 aliphatic heterocycles. The van der Waals surface area contributed by atoms with Gasteiger partial charge in [0.2, 0.25) is 0 Å². The number of hydrogen-bond acceptors (Lipinski definition) is 2. The Bertz CT molecular complexity index is 558. The highest BCUT2D eigenvalue weighted by molar-refractivity contribution is 5.91. The molecule has 2 aliphatic rings. The molecule has 106 valence electrons. The summed E-state index contributed by atoms with van der Waals surface area (Å²) in [7, 11) is 0. The van der Waals surface area contributed by atoms with Crippen LogP contribution >= 0.6 is 0 Å². The molecule has 20 heavy (non-hydrogen) atoms. The second-order valence-corrected chi connectivity index (χ2v) is 5.69. The first kappa shape index (κ1) is 13.0. The molecular weight excluding hydrogens is 256 g/mol. The van der Waals surface area contributed by atoms with Gasteiger partial charge in [-0.3, -0.25) is 4.79 Å². The molecule has 0 spiro atoms. The standard InChI is InChI=1S/C15H18N2O3/c1-9-3-2-4-10(7-9)16-15(20)17-11-5-6-13(17)12(8-11)14(18)19/h2-4,7,11-13H,5-6,8H2,1H3,(H,16,20)(H,18,19). The Hall–Kier alpha value is -2.04. The molecule has 2 N–H and O–H groups in total. The van der Waals surface area contributed by atoms with Crippen molar-refractivity contribution < 1.29 is 14.7 Å². The number of hydrogen-bond donors (Lipinski definition) is 2. The van der Waals surface area contributed by atoms with Gasteiger partial charge in [0.25, 0.3) is 0 Å². The molecule has 1 aromatic rings. The fraction of sp³-hybridized carbons (Fsp3) is 0.467. The molecule has 3 unspecified atom stereocenters. The van der Waals surface area contributed by atoms with Crippen LogP contribution in [0.1, 0.15) is 24.8 Å². The maximum Gasteiger partial charge on any atom is 0.322 e. The van der Waals surface area contributed by atoms with Crippen LogP contribution in [0.5, 0.6) is 0 Å². The van der Waals surface area contributed by atoms with Gasteiger partial charge in [-0.05, 0) is 43.9 Å². The van der Waals surface area contributed by atoms with Crippen molar-refractivity contribution in [2.75, 3.05) is 5.32 Å². The Morgan fingerprint density at radius 2 is 2.15 bits per heavy atom. The summed E-state index contributed by atoms with van der Waals surface area (Å²) in [5, 5.41) is 12.1. The lowest BCUT2D eigenvalue weighted by atomic mass is 9.89. The molecule has 0 radical (unpaired) electrons. The van der Waals surface area contributed by atoms with Crippen molar-refractivity contribution in [3.05, 3.63) is 29.8 Å². The van der Waals surface area contributed by atoms with Crippen LogP contribution in [0.25, 0.3) is 0 Å². The number of nitrogens with zero attached hydrogens (tertiary/aromatic N) is 1. The first-order valence-corrected chi connectivity index (χ1v) is 6.95. The number of anilines is 1. The summed E-state index contributed by atoms with van der Waals surface area (Å²) in [6.45, 7) is 1.97. The van der Waals surface area contributed by atoms with Crippen molar-refractivity contribution in [3.8, 4) is 0 Å². The van der Waals surface area contributed by atoms with Gasteiger partial charge in [0.1, 0.15) is 0 Å². The highest BCUT2D eigenvalue weighted by Gasteiger charge is 2.51. The number of carboxylic acids is 1. The predicted octanol–water partition coefficient (Wildman–Crippen LogP) is 2.46. The zero-order chi connectivity index (χ0) is 14.3. The van der Waals surface area contributed by atoms with Gasteiger partial charge in [0.15, 0.2) is 0 Å². The molecule has 2 bridgehead atoms. The van der Waals surface area contributed by atoms with E-state index in [1.165, 1.54) is 0 Å². The van der Waals surface area contributed by atoms with Crippen molar-refractivity contribution >= 4 is 17.7 Å². The molecule has 2 heterocycles. The van der Waals surface area contributed by atoms with Gasteiger partial charge in [-0.25, -0.2) is 4.79 Å². The topological polar surface area (TPSA) is 69.6 Å². The van der Waals surface area contributed by atoms with Gasteiger partial charge in [0, 0.05) is 17.8 Å². The van der Waals surface area contributed by atoms with Gasteiger partial charge in [-0.1, -0.05) is 12.1 Å². The number of urea groups is 1. The highest BCUT2D eigenvalue weighted by Crippen LogP contribution is 2.42. The van der Waals surface area contributed by atoms with E-state index >= 15 is 0 Å². The Morgan fingerprint density at radius 3 is 2.80 bits per heavy atom. The number of nitrogens with one attached hydrogen (secondary N) is 1. The Morgan fingerprint density at radius 1 is 1.35 bits per heavy atom. The van der Waals surface area contributed by atoms with Crippen LogP contribution in [0.4, 0.5) is 10.5 Å². The largest absolute Gasteiger partial charge is 0.481 e. The molecule has 2 saturated heterocycles. The monoisotopic (exact) mass is 274 g/mol. The van der Waals surface area contributed by atoms with E-state index < -0.39 is 11.9 Å². The van der Waals surface area contributed by atoms with Gasteiger partial charge < -0.3 is 15.3 Å². The molecule has 0 aliphatic carbocycles. The van der Waals surface area contributed by atoms with E-state index in [-0.39, 0.29) is 18.1 Å². The smallest absolute Gasteiger partial charge is 0.322 e. The first-order chi connectivity index (χ1) is 9.56. The number of rotatable bonds is 2. The third-order valence-corrected chi connectivity index (χ3v) is 4.36. The Balaban J connectivity index is 1.74. The summed E-state index contributed by atoms with van der Waals surface area (Å²) in [6, 6.07) is 7.36. The molecule has 0 aromatic heterocycles. The molecule has 2 amide bonds. The lowest BCUT2D eigenvalue weighted by molar-refractivity contribution is -0.142. The van der Waals surface area contributed by atoms with E-state index in [1.54, 1.807) is 4.90 Å². The van der Waals surface area contributed by atoms with Gasteiger partial charge in [-0.15, -0.1) is 0 Å². The van der Waals surface area contributed by atoms with Gasteiger partial charge >= 0.3 is 12.0 Å². The highest BCUT2D eigenvalue weighted by atomic mass is 16.4. The molecule has 0 saturated carbocycles. The zero-order valence-electron chi connectivity index (χ0n) is 11.4. The molecular formula is C15H18N2O3. The number of amides is 2. The average molecular weight is 274 g/mol. The number of benzene rings is 1. The molecule has 5 nitrogen and oxygen atoms in total. The predicted molar refractivity (Wildman–Crippen MR) is 74.6 cm³/mol. The number of carboxylic acid groups (broad SMARTS) is 1. The number of carbonyl (C=O) groups excluding carboxylic acids is 1. The van der Waals surface area contributed by atoms with Crippen molar-refractivity contribution in [2.24, 2.45) is 5.92 Å². The third kappa shape index (κ3) is 2.13. The number of aryl methyl sites for hydroxylation is 1. The maximum atomic E-state index is 12.4. The second-order valence-electron chi connectivity index (χ2n) is 5.69. The van der Waals surface area contributed by atoms with Crippen LogP contribution in [-0.4, -0.2) is 34.1 Å². The van der Waals surface area contributed by atoms with Crippen LogP contribution in [0.3, 0.4) is 0 Å². The first-order valence-electron chi connectivity index (χ1n) is 6.95. The van der Waals surface area contributed by atoms with E-state index in [9.17, 15) is 14.7 Å². The average Bonchev–Trinajstić information content (AvgIpc) is 2.96. The van der Waals surface area contributed by atoms with Gasteiger partial charge in [0.05, 0.1) is 5.92 Å². The normalized spacial score (nSPS) is 27.6. The van der Waals surface area contributed by atoms with E-state index in [0.29, 0.717) is 6.42 Å². The van der Waals surface area contributed by atoms with Crippen LogP contribution in [0.15, 0.2) is 24.3 Å². The zero-order valence-corrected chi connectivity index (χ0v) is 11.4. The number of aliphatic carboxylic acids is 1. The van der Waals surface area contributed by atoms with E-state index in [1.807, 2.05) is 31.2 Å². The fourth-order valence-corrected chi connectivity index (χ4v) is 3.48. The van der Waals surface area contributed by atoms with Crippen molar-refractivity contribution in [1.82, 2.24) is 4.90 Å². The number of carbonyl (C=O) groups is 2. The minimum Gasteiger partial charge on any atom is -0.481 e. The van der Waals surface area contributed by atoms with Crippen LogP contribution in [0.2, 0.25) is 0 Å². The summed E-state index contributed by atoms with van der Waals surface area (Å²) in [4.78, 5) is 25.3. The van der Waals surface area contributed by atoms with Crippen LogP contribution < -0.4 is 5.32 Å². The summed E-state index contributed by atoms with van der Waals surface area (Å²) >= 11 is 0. The van der Waals surface area contributed by atoms with E-state index in [0.717, 1.165) is 24.1 Å². The number of fused-ring (bicyclic) bond motifs is 2. The lowest BCUT2D eigenvalue weighted by Crippen LogP contribution is -2.40. The lowest BCUT2D eigenvalue weighted by Gasteiger charge is -2.23. The Labute approximate surface area is 117 Å². The summed E-state index contributed by atoms with van der Waals surface area (Å²) in [5.41, 5.74) is 1.84. The summed E-state index contributed by atoms with van der Waals surface area (Å²) in [6.07, 6.45) is 2.29.